The van der Waals surface area contributed by atoms with E-state index in [1.165, 1.54) is 0 Å². The molecule has 7 heteroatoms. The van der Waals surface area contributed by atoms with Crippen molar-refractivity contribution >= 4 is 11.8 Å². The minimum atomic E-state index is 0.0556. The van der Waals surface area contributed by atoms with E-state index in [0.717, 1.165) is 72.6 Å². The van der Waals surface area contributed by atoms with Crippen LogP contribution in [0.3, 0.4) is 0 Å². The number of rotatable bonds is 5. The highest BCUT2D eigenvalue weighted by molar-refractivity contribution is 7.99. The molecule has 0 bridgehead atoms. The number of thioether (sulfide) groups is 1. The van der Waals surface area contributed by atoms with Crippen molar-refractivity contribution in [2.45, 2.75) is 31.3 Å². The third-order valence-corrected chi connectivity index (χ3v) is 6.02. The molecule has 2 aliphatic heterocycles. The molecular formula is C20H26N4O2S. The topological polar surface area (TPSA) is 59.4 Å². The second kappa shape index (κ2) is 8.46. The summed E-state index contributed by atoms with van der Waals surface area (Å²) in [6.07, 6.45) is 1.90. The van der Waals surface area contributed by atoms with E-state index < -0.39 is 0 Å². The second-order valence-electron chi connectivity index (χ2n) is 6.83. The van der Waals surface area contributed by atoms with Crippen LogP contribution in [0.4, 0.5) is 0 Å². The van der Waals surface area contributed by atoms with Crippen molar-refractivity contribution in [3.63, 3.8) is 0 Å². The Hall–Kier alpha value is -1.83. The summed E-state index contributed by atoms with van der Waals surface area (Å²) in [7, 11) is 0. The molecule has 3 heterocycles. The van der Waals surface area contributed by atoms with Crippen LogP contribution in [0.5, 0.6) is 5.75 Å². The molecule has 0 aliphatic carbocycles. The Balaban J connectivity index is 1.81. The van der Waals surface area contributed by atoms with Gasteiger partial charge in [-0.2, -0.15) is 0 Å². The first-order valence-corrected chi connectivity index (χ1v) is 10.7. The molecule has 1 N–H and O–H groups in total. The van der Waals surface area contributed by atoms with Gasteiger partial charge in [0.25, 0.3) is 5.56 Å². The van der Waals surface area contributed by atoms with E-state index in [4.69, 9.17) is 9.72 Å². The highest BCUT2D eigenvalue weighted by Gasteiger charge is 2.24. The first-order valence-electron chi connectivity index (χ1n) is 9.71. The molecule has 1 aromatic carbocycles. The molecule has 4 rings (SSSR count). The number of benzene rings is 1. The number of para-hydroxylation sites is 2. The van der Waals surface area contributed by atoms with Crippen molar-refractivity contribution in [3.05, 3.63) is 46.0 Å². The molecule has 0 atom stereocenters. The minimum Gasteiger partial charge on any atom is -0.492 e. The lowest BCUT2D eigenvalue weighted by molar-refractivity contribution is 0.272. The summed E-state index contributed by atoms with van der Waals surface area (Å²) in [5, 5.41) is 4.34. The quantitative estimate of drug-likeness (QED) is 0.794. The molecule has 2 aromatic rings. The molecule has 0 saturated carbocycles. The molecule has 144 valence electrons. The zero-order valence-electron chi connectivity index (χ0n) is 15.7. The molecule has 0 unspecified atom stereocenters. The number of hydrogen-bond acceptors (Lipinski definition) is 6. The Morgan fingerprint density at radius 3 is 3.04 bits per heavy atom. The number of hydrogen-bond donors (Lipinski definition) is 1. The zero-order valence-corrected chi connectivity index (χ0v) is 16.6. The van der Waals surface area contributed by atoms with Crippen molar-refractivity contribution < 1.29 is 4.74 Å². The summed E-state index contributed by atoms with van der Waals surface area (Å²) in [5.74, 6) is 2.47. The molecule has 6 nitrogen and oxygen atoms in total. The molecule has 27 heavy (non-hydrogen) atoms. The van der Waals surface area contributed by atoms with Crippen molar-refractivity contribution in [1.82, 2.24) is 19.8 Å². The lowest BCUT2D eigenvalue weighted by atomic mass is 10.2. The van der Waals surface area contributed by atoms with E-state index in [-0.39, 0.29) is 5.56 Å². The summed E-state index contributed by atoms with van der Waals surface area (Å²) in [6.45, 7) is 7.19. The first-order chi connectivity index (χ1) is 13.3. The Morgan fingerprint density at radius 1 is 1.26 bits per heavy atom. The fourth-order valence-corrected chi connectivity index (χ4v) is 4.73. The summed E-state index contributed by atoms with van der Waals surface area (Å²) in [6, 6.07) is 7.77. The third-order valence-electron chi connectivity index (χ3n) is 5.00. The van der Waals surface area contributed by atoms with Crippen LogP contribution < -0.4 is 15.6 Å². The van der Waals surface area contributed by atoms with Crippen molar-refractivity contribution in [2.24, 2.45) is 0 Å². The van der Waals surface area contributed by atoms with Gasteiger partial charge in [-0.05, 0) is 45.0 Å². The lowest BCUT2D eigenvalue weighted by Gasteiger charge is -2.23. The Bertz CT molecular complexity index is 860. The van der Waals surface area contributed by atoms with Gasteiger partial charge in [0, 0.05) is 18.8 Å². The summed E-state index contributed by atoms with van der Waals surface area (Å²) in [4.78, 5) is 20.7. The molecule has 1 saturated heterocycles. The second-order valence-corrected chi connectivity index (χ2v) is 7.91. The van der Waals surface area contributed by atoms with Gasteiger partial charge in [-0.15, -0.1) is 11.8 Å². The maximum Gasteiger partial charge on any atom is 0.262 e. The van der Waals surface area contributed by atoms with Crippen LogP contribution >= 0.6 is 11.8 Å². The van der Waals surface area contributed by atoms with Gasteiger partial charge in [0.2, 0.25) is 0 Å². The maximum absolute atomic E-state index is 13.4. The van der Waals surface area contributed by atoms with Gasteiger partial charge in [-0.1, -0.05) is 12.1 Å². The van der Waals surface area contributed by atoms with Crippen molar-refractivity contribution in [3.8, 4) is 11.4 Å². The molecule has 0 amide bonds. The lowest BCUT2D eigenvalue weighted by Crippen LogP contribution is -2.33. The molecule has 1 aromatic heterocycles. The largest absolute Gasteiger partial charge is 0.492 e. The fraction of sp³-hybridized carbons (Fsp3) is 0.500. The predicted molar refractivity (Wildman–Crippen MR) is 108 cm³/mol. The van der Waals surface area contributed by atoms with Gasteiger partial charge in [-0.25, -0.2) is 4.98 Å². The molecule has 2 aliphatic rings. The third kappa shape index (κ3) is 3.90. The molecular weight excluding hydrogens is 360 g/mol. The minimum absolute atomic E-state index is 0.0556. The predicted octanol–water partition coefficient (Wildman–Crippen LogP) is 2.07. The van der Waals surface area contributed by atoms with Crippen LogP contribution in [0.25, 0.3) is 5.69 Å². The number of nitrogens with one attached hydrogen (secondary N) is 1. The molecule has 0 spiro atoms. The van der Waals surface area contributed by atoms with Crippen LogP contribution in [0.15, 0.2) is 34.1 Å². The van der Waals surface area contributed by atoms with Gasteiger partial charge >= 0.3 is 0 Å². The molecule has 0 radical (unpaired) electrons. The smallest absolute Gasteiger partial charge is 0.262 e. The summed E-state index contributed by atoms with van der Waals surface area (Å²) in [5.41, 5.74) is 1.69. The monoisotopic (exact) mass is 386 g/mol. The Labute approximate surface area is 163 Å². The van der Waals surface area contributed by atoms with Gasteiger partial charge in [0.1, 0.15) is 16.6 Å². The van der Waals surface area contributed by atoms with Gasteiger partial charge in [0.15, 0.2) is 0 Å². The number of fused-ring (bicyclic) bond motifs is 1. The van der Waals surface area contributed by atoms with Crippen molar-refractivity contribution in [1.29, 1.82) is 0 Å². The number of ether oxygens (including phenoxy) is 1. The molecule has 1 fully saturated rings. The van der Waals surface area contributed by atoms with E-state index in [1.807, 2.05) is 31.2 Å². The van der Waals surface area contributed by atoms with Crippen LogP contribution in [0.1, 0.15) is 24.7 Å². The Morgan fingerprint density at radius 2 is 2.15 bits per heavy atom. The van der Waals surface area contributed by atoms with Gasteiger partial charge < -0.3 is 10.1 Å². The average Bonchev–Trinajstić information content (AvgIpc) is 3.00. The fourth-order valence-electron chi connectivity index (χ4n) is 3.70. The maximum atomic E-state index is 13.4. The van der Waals surface area contributed by atoms with Gasteiger partial charge in [0.05, 0.1) is 24.4 Å². The van der Waals surface area contributed by atoms with Crippen LogP contribution in [0, 0.1) is 0 Å². The van der Waals surface area contributed by atoms with Crippen LogP contribution in [-0.4, -0.2) is 53.0 Å². The van der Waals surface area contributed by atoms with E-state index in [2.05, 4.69) is 10.2 Å². The SMILES string of the molecule is CCOc1ccccc1-n1c(CN2CCCNCC2)nc2c(c1=O)CCS2. The first kappa shape index (κ1) is 18.5. The number of nitrogens with zero attached hydrogens (tertiary/aromatic N) is 3. The summed E-state index contributed by atoms with van der Waals surface area (Å²) >= 11 is 1.69. The standard InChI is InChI=1S/C20H26N4O2S/c1-2-26-17-7-4-3-6-16(17)24-18(14-23-11-5-9-21-10-12-23)22-19-15(20(24)25)8-13-27-19/h3-4,6-7,21H,2,5,8-14H2,1H3. The normalized spacial score (nSPS) is 17.5. The van der Waals surface area contributed by atoms with Gasteiger partial charge in [-0.3, -0.25) is 14.3 Å². The highest BCUT2D eigenvalue weighted by atomic mass is 32.2. The van der Waals surface area contributed by atoms with E-state index >= 15 is 0 Å². The van der Waals surface area contributed by atoms with Crippen LogP contribution in [0.2, 0.25) is 0 Å². The number of aromatic nitrogens is 2. The van der Waals surface area contributed by atoms with Crippen LogP contribution in [-0.2, 0) is 13.0 Å². The average molecular weight is 387 g/mol. The van der Waals surface area contributed by atoms with E-state index in [1.54, 1.807) is 16.3 Å². The summed E-state index contributed by atoms with van der Waals surface area (Å²) < 4.78 is 7.60. The highest BCUT2D eigenvalue weighted by Crippen LogP contribution is 2.30. The Kier molecular flexibility index (Phi) is 5.80. The van der Waals surface area contributed by atoms with E-state index in [0.29, 0.717) is 13.2 Å². The zero-order chi connectivity index (χ0) is 18.6. The van der Waals surface area contributed by atoms with Crippen molar-refractivity contribution in [2.75, 3.05) is 38.5 Å². The van der Waals surface area contributed by atoms with E-state index in [9.17, 15) is 4.79 Å².